The van der Waals surface area contributed by atoms with Crippen LogP contribution in [0.2, 0.25) is 0 Å². The third-order valence-electron chi connectivity index (χ3n) is 1.35. The van der Waals surface area contributed by atoms with E-state index in [0.717, 1.165) is 11.3 Å². The van der Waals surface area contributed by atoms with Crippen LogP contribution in [0.3, 0.4) is 0 Å². The van der Waals surface area contributed by atoms with Crippen LogP contribution in [-0.4, -0.2) is 5.91 Å². The molecule has 0 spiro atoms. The Balaban J connectivity index is 4.44. The van der Waals surface area contributed by atoms with Crippen molar-refractivity contribution in [1.82, 2.24) is 5.32 Å². The van der Waals surface area contributed by atoms with Gasteiger partial charge in [0.2, 0.25) is 5.91 Å². The van der Waals surface area contributed by atoms with E-state index in [1.165, 1.54) is 0 Å². The summed E-state index contributed by atoms with van der Waals surface area (Å²) in [6.45, 7) is 9.37. The van der Waals surface area contributed by atoms with Crippen LogP contribution in [0, 0.1) is 0 Å². The van der Waals surface area contributed by atoms with Crippen LogP contribution >= 0.6 is 0 Å². The Labute approximate surface area is 80.0 Å². The molecule has 0 bridgehead atoms. The molecule has 0 aliphatic rings. The number of carbonyl (C=O) groups is 1. The van der Waals surface area contributed by atoms with Crippen LogP contribution in [0.5, 0.6) is 0 Å². The number of allylic oxidation sites excluding steroid dienone is 4. The summed E-state index contributed by atoms with van der Waals surface area (Å²) < 4.78 is 0. The van der Waals surface area contributed by atoms with Crippen molar-refractivity contribution in [3.8, 4) is 0 Å². The molecular formula is C11H17NO. The zero-order chi connectivity index (χ0) is 10.3. The second-order valence-corrected chi connectivity index (χ2v) is 2.85. The van der Waals surface area contributed by atoms with Crippen LogP contribution in [0.1, 0.15) is 27.2 Å². The minimum atomic E-state index is 0.0191. The van der Waals surface area contributed by atoms with Gasteiger partial charge in [0.25, 0.3) is 0 Å². The molecule has 0 aromatic heterocycles. The van der Waals surface area contributed by atoms with Crippen molar-refractivity contribution in [3.05, 3.63) is 36.1 Å². The highest BCUT2D eigenvalue weighted by Gasteiger charge is 1.97. The summed E-state index contributed by atoms with van der Waals surface area (Å²) in [5.41, 5.74) is 1.71. The molecule has 0 saturated heterocycles. The molecule has 1 N–H and O–H groups in total. The summed E-state index contributed by atoms with van der Waals surface area (Å²) in [4.78, 5) is 11.1. The average Bonchev–Trinajstić information content (AvgIpc) is 2.03. The minimum absolute atomic E-state index is 0.0191. The standard InChI is InChI=1S/C11H17NO/c1-5-7-10(8-9(3)4)12-11(13)6-2/h5,7-8H,3,6H2,1-2,4H3,(H,12,13)/b7-5-,10-8+. The Morgan fingerprint density at radius 2 is 2.15 bits per heavy atom. The van der Waals surface area contributed by atoms with Crippen molar-refractivity contribution < 1.29 is 4.79 Å². The number of rotatable bonds is 4. The molecule has 0 saturated carbocycles. The van der Waals surface area contributed by atoms with Gasteiger partial charge in [-0.3, -0.25) is 4.79 Å². The summed E-state index contributed by atoms with van der Waals surface area (Å²) in [5.74, 6) is 0.0191. The van der Waals surface area contributed by atoms with Gasteiger partial charge in [0.15, 0.2) is 0 Å². The van der Waals surface area contributed by atoms with E-state index in [4.69, 9.17) is 0 Å². The normalized spacial score (nSPS) is 11.8. The van der Waals surface area contributed by atoms with Gasteiger partial charge in [0.05, 0.1) is 0 Å². The molecule has 0 unspecified atom stereocenters. The van der Waals surface area contributed by atoms with E-state index >= 15 is 0 Å². The smallest absolute Gasteiger partial charge is 0.224 e. The molecule has 0 aliphatic heterocycles. The number of carbonyl (C=O) groups excluding carboxylic acids is 1. The van der Waals surface area contributed by atoms with E-state index in [1.807, 2.05) is 39.0 Å². The first-order chi connectivity index (χ1) is 6.10. The minimum Gasteiger partial charge on any atom is -0.326 e. The van der Waals surface area contributed by atoms with Crippen molar-refractivity contribution in [1.29, 1.82) is 0 Å². The molecule has 0 aliphatic carbocycles. The second kappa shape index (κ2) is 6.23. The van der Waals surface area contributed by atoms with Crippen LogP contribution < -0.4 is 5.32 Å². The van der Waals surface area contributed by atoms with Crippen LogP contribution in [0.4, 0.5) is 0 Å². The lowest BCUT2D eigenvalue weighted by Gasteiger charge is -2.03. The third-order valence-corrected chi connectivity index (χ3v) is 1.35. The lowest BCUT2D eigenvalue weighted by molar-refractivity contribution is -0.120. The zero-order valence-corrected chi connectivity index (χ0v) is 8.55. The first-order valence-corrected chi connectivity index (χ1v) is 4.40. The fourth-order valence-corrected chi connectivity index (χ4v) is 0.820. The molecule has 0 aromatic carbocycles. The predicted octanol–water partition coefficient (Wildman–Crippen LogP) is 2.55. The average molecular weight is 179 g/mol. The van der Waals surface area contributed by atoms with E-state index in [0.29, 0.717) is 6.42 Å². The summed E-state index contributed by atoms with van der Waals surface area (Å²) >= 11 is 0. The molecule has 0 fully saturated rings. The van der Waals surface area contributed by atoms with E-state index in [9.17, 15) is 4.79 Å². The highest BCUT2D eigenvalue weighted by Crippen LogP contribution is 1.99. The predicted molar refractivity (Wildman–Crippen MR) is 56.1 cm³/mol. The van der Waals surface area contributed by atoms with Gasteiger partial charge >= 0.3 is 0 Å². The Bertz CT molecular complexity index is 249. The summed E-state index contributed by atoms with van der Waals surface area (Å²) in [7, 11) is 0. The summed E-state index contributed by atoms with van der Waals surface area (Å²) in [6.07, 6.45) is 6.06. The fourth-order valence-electron chi connectivity index (χ4n) is 0.820. The monoisotopic (exact) mass is 179 g/mol. The van der Waals surface area contributed by atoms with Gasteiger partial charge in [0.1, 0.15) is 0 Å². The maximum Gasteiger partial charge on any atom is 0.224 e. The van der Waals surface area contributed by atoms with Crippen molar-refractivity contribution >= 4 is 5.91 Å². The first kappa shape index (κ1) is 11.7. The van der Waals surface area contributed by atoms with Gasteiger partial charge in [-0.25, -0.2) is 0 Å². The number of nitrogens with one attached hydrogen (secondary N) is 1. The van der Waals surface area contributed by atoms with E-state index in [-0.39, 0.29) is 5.91 Å². The molecule has 72 valence electrons. The quantitative estimate of drug-likeness (QED) is 0.660. The lowest BCUT2D eigenvalue weighted by Crippen LogP contribution is -2.20. The summed E-state index contributed by atoms with van der Waals surface area (Å²) in [5, 5.41) is 2.77. The maximum absolute atomic E-state index is 11.1. The van der Waals surface area contributed by atoms with Gasteiger partial charge in [0, 0.05) is 12.1 Å². The van der Waals surface area contributed by atoms with Crippen LogP contribution in [-0.2, 0) is 4.79 Å². The first-order valence-electron chi connectivity index (χ1n) is 4.40. The Kier molecular flexibility index (Phi) is 5.60. The fraction of sp³-hybridized carbons (Fsp3) is 0.364. The zero-order valence-electron chi connectivity index (χ0n) is 8.55. The molecule has 0 heterocycles. The largest absolute Gasteiger partial charge is 0.326 e. The number of hydrogen-bond acceptors (Lipinski definition) is 1. The van der Waals surface area contributed by atoms with Gasteiger partial charge in [-0.1, -0.05) is 25.2 Å². The molecule has 13 heavy (non-hydrogen) atoms. The Morgan fingerprint density at radius 1 is 1.54 bits per heavy atom. The third kappa shape index (κ3) is 5.91. The highest BCUT2D eigenvalue weighted by molar-refractivity contribution is 5.78. The van der Waals surface area contributed by atoms with E-state index in [2.05, 4.69) is 11.9 Å². The lowest BCUT2D eigenvalue weighted by atomic mass is 10.2. The van der Waals surface area contributed by atoms with Crippen molar-refractivity contribution in [3.63, 3.8) is 0 Å². The van der Waals surface area contributed by atoms with Crippen LogP contribution in [0.15, 0.2) is 36.1 Å². The van der Waals surface area contributed by atoms with E-state index < -0.39 is 0 Å². The van der Waals surface area contributed by atoms with Gasteiger partial charge in [-0.15, -0.1) is 0 Å². The van der Waals surface area contributed by atoms with Gasteiger partial charge in [-0.05, 0) is 26.0 Å². The molecule has 0 aromatic rings. The van der Waals surface area contributed by atoms with E-state index in [1.54, 1.807) is 0 Å². The highest BCUT2D eigenvalue weighted by atomic mass is 16.1. The number of hydrogen-bond donors (Lipinski definition) is 1. The van der Waals surface area contributed by atoms with Gasteiger partial charge in [-0.2, -0.15) is 0 Å². The number of amides is 1. The molecule has 1 amide bonds. The molecule has 2 nitrogen and oxygen atoms in total. The van der Waals surface area contributed by atoms with Crippen molar-refractivity contribution in [2.45, 2.75) is 27.2 Å². The van der Waals surface area contributed by atoms with Crippen LogP contribution in [0.25, 0.3) is 0 Å². The topological polar surface area (TPSA) is 29.1 Å². The molecular weight excluding hydrogens is 162 g/mol. The van der Waals surface area contributed by atoms with Crippen molar-refractivity contribution in [2.75, 3.05) is 0 Å². The van der Waals surface area contributed by atoms with Gasteiger partial charge < -0.3 is 5.32 Å². The maximum atomic E-state index is 11.1. The second-order valence-electron chi connectivity index (χ2n) is 2.85. The molecule has 2 heteroatoms. The molecule has 0 rings (SSSR count). The van der Waals surface area contributed by atoms with Crippen molar-refractivity contribution in [2.24, 2.45) is 0 Å². The SMILES string of the molecule is C=C(C)/C=C(\C=C/C)NC(=O)CC. The summed E-state index contributed by atoms with van der Waals surface area (Å²) in [6, 6.07) is 0. The Hall–Kier alpha value is -1.31. The molecule has 0 atom stereocenters. The Morgan fingerprint density at radius 3 is 2.54 bits per heavy atom. The molecule has 0 radical (unpaired) electrons.